The van der Waals surface area contributed by atoms with E-state index in [0.29, 0.717) is 0 Å². The molecule has 0 aliphatic rings. The fourth-order valence-corrected chi connectivity index (χ4v) is 1.55. The molecular formula is C14H14N2O. The first-order valence-corrected chi connectivity index (χ1v) is 5.44. The summed E-state index contributed by atoms with van der Waals surface area (Å²) in [6, 6.07) is 18.0. The van der Waals surface area contributed by atoms with E-state index in [1.807, 2.05) is 60.7 Å². The topological polar surface area (TPSA) is 55.1 Å². The molecule has 2 aromatic carbocycles. The summed E-state index contributed by atoms with van der Waals surface area (Å²) in [5, 5.41) is 2.78. The molecular weight excluding hydrogens is 212 g/mol. The van der Waals surface area contributed by atoms with Gasteiger partial charge in [-0.2, -0.15) is 0 Å². The van der Waals surface area contributed by atoms with Crippen molar-refractivity contribution in [1.29, 1.82) is 0 Å². The number of rotatable bonds is 3. The van der Waals surface area contributed by atoms with Crippen molar-refractivity contribution < 1.29 is 4.79 Å². The molecule has 86 valence electrons. The van der Waals surface area contributed by atoms with Gasteiger partial charge in [0.25, 0.3) is 0 Å². The molecule has 3 nitrogen and oxygen atoms in total. The number of hydrogen-bond acceptors (Lipinski definition) is 2. The predicted octanol–water partition coefficient (Wildman–Crippen LogP) is 2.33. The molecule has 17 heavy (non-hydrogen) atoms. The zero-order chi connectivity index (χ0) is 12.1. The van der Waals surface area contributed by atoms with Crippen molar-refractivity contribution in [3.63, 3.8) is 0 Å². The number of nitrogens with two attached hydrogens (primary N) is 1. The van der Waals surface area contributed by atoms with E-state index in [0.717, 1.165) is 11.3 Å². The predicted molar refractivity (Wildman–Crippen MR) is 68.4 cm³/mol. The monoisotopic (exact) mass is 226 g/mol. The second-order valence-corrected chi connectivity index (χ2v) is 3.74. The van der Waals surface area contributed by atoms with Gasteiger partial charge in [0, 0.05) is 5.69 Å². The zero-order valence-electron chi connectivity index (χ0n) is 9.34. The highest BCUT2D eigenvalue weighted by Gasteiger charge is 2.14. The Hall–Kier alpha value is -2.13. The van der Waals surface area contributed by atoms with Crippen LogP contribution < -0.4 is 11.1 Å². The van der Waals surface area contributed by atoms with Crippen molar-refractivity contribution in [2.45, 2.75) is 6.04 Å². The summed E-state index contributed by atoms with van der Waals surface area (Å²) in [5.74, 6) is -0.206. The third-order valence-corrected chi connectivity index (χ3v) is 2.48. The van der Waals surface area contributed by atoms with E-state index >= 15 is 0 Å². The molecule has 0 unspecified atom stereocenters. The van der Waals surface area contributed by atoms with E-state index in [1.54, 1.807) is 0 Å². The summed E-state index contributed by atoms with van der Waals surface area (Å²) in [4.78, 5) is 11.9. The van der Waals surface area contributed by atoms with Crippen LogP contribution in [0.15, 0.2) is 60.7 Å². The molecule has 0 bridgehead atoms. The standard InChI is InChI=1S/C14H14N2O/c15-13(11-7-3-1-4-8-11)14(17)16-12-9-5-2-6-10-12/h1-10,13H,15H2,(H,16,17)/t13-/m1/s1. The molecule has 0 aliphatic carbocycles. The van der Waals surface area contributed by atoms with E-state index in [1.165, 1.54) is 0 Å². The Bertz CT molecular complexity index is 482. The average molecular weight is 226 g/mol. The van der Waals surface area contributed by atoms with Gasteiger partial charge in [0.2, 0.25) is 5.91 Å². The highest BCUT2D eigenvalue weighted by Crippen LogP contribution is 2.13. The maximum atomic E-state index is 11.9. The van der Waals surface area contributed by atoms with Crippen molar-refractivity contribution in [3.05, 3.63) is 66.2 Å². The Morgan fingerprint density at radius 3 is 2.06 bits per heavy atom. The Labute approximate surface area is 100 Å². The molecule has 0 aliphatic heterocycles. The van der Waals surface area contributed by atoms with Crippen molar-refractivity contribution in [1.82, 2.24) is 0 Å². The largest absolute Gasteiger partial charge is 0.324 e. The first-order valence-electron chi connectivity index (χ1n) is 5.44. The number of nitrogens with one attached hydrogen (secondary N) is 1. The minimum atomic E-state index is -0.642. The van der Waals surface area contributed by atoms with E-state index in [2.05, 4.69) is 5.32 Å². The first-order chi connectivity index (χ1) is 8.27. The number of amides is 1. The fourth-order valence-electron chi connectivity index (χ4n) is 1.55. The van der Waals surface area contributed by atoms with Crippen LogP contribution in [0.25, 0.3) is 0 Å². The lowest BCUT2D eigenvalue weighted by molar-refractivity contribution is -0.117. The lowest BCUT2D eigenvalue weighted by Crippen LogP contribution is -2.27. The van der Waals surface area contributed by atoms with Crippen LogP contribution >= 0.6 is 0 Å². The van der Waals surface area contributed by atoms with E-state index in [-0.39, 0.29) is 5.91 Å². The lowest BCUT2D eigenvalue weighted by Gasteiger charge is -2.12. The van der Waals surface area contributed by atoms with Gasteiger partial charge in [-0.3, -0.25) is 4.79 Å². The molecule has 0 heterocycles. The smallest absolute Gasteiger partial charge is 0.245 e. The minimum absolute atomic E-state index is 0.206. The van der Waals surface area contributed by atoms with Crippen LogP contribution in [0.1, 0.15) is 11.6 Å². The van der Waals surface area contributed by atoms with Gasteiger partial charge in [-0.25, -0.2) is 0 Å². The third kappa shape index (κ3) is 2.92. The van der Waals surface area contributed by atoms with Crippen LogP contribution in [0.2, 0.25) is 0 Å². The summed E-state index contributed by atoms with van der Waals surface area (Å²) in [6.07, 6.45) is 0. The summed E-state index contributed by atoms with van der Waals surface area (Å²) in [7, 11) is 0. The van der Waals surface area contributed by atoms with Crippen molar-refractivity contribution >= 4 is 11.6 Å². The lowest BCUT2D eigenvalue weighted by atomic mass is 10.1. The maximum Gasteiger partial charge on any atom is 0.245 e. The second kappa shape index (κ2) is 5.27. The number of benzene rings is 2. The number of carbonyl (C=O) groups excluding carboxylic acids is 1. The van der Waals surface area contributed by atoms with Crippen LogP contribution in [0.4, 0.5) is 5.69 Å². The molecule has 3 N–H and O–H groups in total. The van der Waals surface area contributed by atoms with Gasteiger partial charge in [0.15, 0.2) is 0 Å². The highest BCUT2D eigenvalue weighted by atomic mass is 16.2. The number of para-hydroxylation sites is 1. The summed E-state index contributed by atoms with van der Waals surface area (Å²) in [6.45, 7) is 0. The van der Waals surface area contributed by atoms with Gasteiger partial charge in [0.05, 0.1) is 0 Å². The van der Waals surface area contributed by atoms with Crippen molar-refractivity contribution in [2.75, 3.05) is 5.32 Å². The molecule has 0 fully saturated rings. The molecule has 2 rings (SSSR count). The summed E-state index contributed by atoms with van der Waals surface area (Å²) >= 11 is 0. The molecule has 0 saturated heterocycles. The number of carbonyl (C=O) groups is 1. The third-order valence-electron chi connectivity index (χ3n) is 2.48. The van der Waals surface area contributed by atoms with Crippen molar-refractivity contribution in [2.24, 2.45) is 5.73 Å². The number of hydrogen-bond donors (Lipinski definition) is 2. The molecule has 2 aromatic rings. The molecule has 1 amide bonds. The summed E-state index contributed by atoms with van der Waals surface area (Å²) in [5.41, 5.74) is 7.43. The quantitative estimate of drug-likeness (QED) is 0.843. The van der Waals surface area contributed by atoms with Gasteiger partial charge in [-0.15, -0.1) is 0 Å². The first kappa shape index (κ1) is 11.4. The van der Waals surface area contributed by atoms with Crippen LogP contribution in [0.3, 0.4) is 0 Å². The van der Waals surface area contributed by atoms with Gasteiger partial charge in [-0.05, 0) is 17.7 Å². The normalized spacial score (nSPS) is 11.8. The Morgan fingerprint density at radius 2 is 1.47 bits per heavy atom. The molecule has 1 atom stereocenters. The summed E-state index contributed by atoms with van der Waals surface area (Å²) < 4.78 is 0. The Balaban J connectivity index is 2.06. The molecule has 0 radical (unpaired) electrons. The SMILES string of the molecule is N[C@@H](C(=O)Nc1ccccc1)c1ccccc1. The van der Waals surface area contributed by atoms with Crippen LogP contribution in [-0.4, -0.2) is 5.91 Å². The Morgan fingerprint density at radius 1 is 0.941 bits per heavy atom. The van der Waals surface area contributed by atoms with Crippen LogP contribution in [-0.2, 0) is 4.79 Å². The Kier molecular flexibility index (Phi) is 3.52. The minimum Gasteiger partial charge on any atom is -0.324 e. The van der Waals surface area contributed by atoms with E-state index in [4.69, 9.17) is 5.73 Å². The van der Waals surface area contributed by atoms with Gasteiger partial charge >= 0.3 is 0 Å². The van der Waals surface area contributed by atoms with Gasteiger partial charge in [-0.1, -0.05) is 48.5 Å². The van der Waals surface area contributed by atoms with E-state index < -0.39 is 6.04 Å². The fraction of sp³-hybridized carbons (Fsp3) is 0.0714. The van der Waals surface area contributed by atoms with Crippen LogP contribution in [0.5, 0.6) is 0 Å². The zero-order valence-corrected chi connectivity index (χ0v) is 9.34. The molecule has 0 aromatic heterocycles. The average Bonchev–Trinajstić information content (AvgIpc) is 2.40. The maximum absolute atomic E-state index is 11.9. The van der Waals surface area contributed by atoms with Crippen LogP contribution in [0, 0.1) is 0 Å². The van der Waals surface area contributed by atoms with E-state index in [9.17, 15) is 4.79 Å². The van der Waals surface area contributed by atoms with Crippen molar-refractivity contribution in [3.8, 4) is 0 Å². The van der Waals surface area contributed by atoms with Gasteiger partial charge < -0.3 is 11.1 Å². The second-order valence-electron chi connectivity index (χ2n) is 3.74. The molecule has 0 spiro atoms. The van der Waals surface area contributed by atoms with Gasteiger partial charge in [0.1, 0.15) is 6.04 Å². The molecule has 3 heteroatoms. The number of anilines is 1. The molecule has 0 saturated carbocycles. The highest BCUT2D eigenvalue weighted by molar-refractivity contribution is 5.95.